The van der Waals surface area contributed by atoms with Crippen LogP contribution in [0.5, 0.6) is 5.75 Å². The Morgan fingerprint density at radius 2 is 1.48 bits per heavy atom. The molecule has 3 aromatic rings. The minimum Gasteiger partial charge on any atom is -0.497 e. The number of amides is 3. The molecule has 0 bridgehead atoms. The van der Waals surface area contributed by atoms with Crippen LogP contribution in [-0.4, -0.2) is 24.8 Å². The Hall–Kier alpha value is -3.62. The number of nitrogens with one attached hydrogen (secondary N) is 2. The summed E-state index contributed by atoms with van der Waals surface area (Å²) in [6, 6.07) is 20.2. The van der Waals surface area contributed by atoms with Crippen LogP contribution in [0.4, 0.5) is 17.1 Å². The standard InChI is InChI=1S/C24H17BrClN3O4/c1-33-19-12-10-18(11-13-19)29-23(31)20(26)21(24(29)32)27-16-6-2-14(3-7-16)22(30)28-17-8-4-15(25)5-9-17/h2-13,27H,1H3,(H,28,30). The number of hydrogen-bond acceptors (Lipinski definition) is 5. The van der Waals surface area contributed by atoms with E-state index in [1.165, 1.54) is 7.11 Å². The van der Waals surface area contributed by atoms with E-state index in [1.54, 1.807) is 60.7 Å². The Morgan fingerprint density at radius 3 is 2.09 bits per heavy atom. The van der Waals surface area contributed by atoms with Gasteiger partial charge in [0, 0.05) is 21.4 Å². The van der Waals surface area contributed by atoms with Crippen LogP contribution in [0.3, 0.4) is 0 Å². The molecule has 1 aliphatic rings. The molecule has 1 heterocycles. The van der Waals surface area contributed by atoms with E-state index in [0.29, 0.717) is 28.4 Å². The van der Waals surface area contributed by atoms with Crippen LogP contribution < -0.4 is 20.3 Å². The van der Waals surface area contributed by atoms with Gasteiger partial charge in [0.2, 0.25) is 0 Å². The van der Waals surface area contributed by atoms with Crippen LogP contribution in [-0.2, 0) is 9.59 Å². The molecule has 3 amide bonds. The van der Waals surface area contributed by atoms with Crippen molar-refractivity contribution in [3.8, 4) is 5.75 Å². The lowest BCUT2D eigenvalue weighted by atomic mass is 10.2. The summed E-state index contributed by atoms with van der Waals surface area (Å²) in [6.07, 6.45) is 0. The topological polar surface area (TPSA) is 87.7 Å². The average Bonchev–Trinajstić information content (AvgIpc) is 3.04. The van der Waals surface area contributed by atoms with Crippen LogP contribution in [0.2, 0.25) is 0 Å². The van der Waals surface area contributed by atoms with Gasteiger partial charge >= 0.3 is 0 Å². The van der Waals surface area contributed by atoms with Gasteiger partial charge in [-0.25, -0.2) is 4.90 Å². The first kappa shape index (κ1) is 22.6. The number of halogens is 2. The first-order valence-electron chi connectivity index (χ1n) is 9.74. The fourth-order valence-corrected chi connectivity index (χ4v) is 3.64. The van der Waals surface area contributed by atoms with Crippen molar-refractivity contribution in [3.63, 3.8) is 0 Å². The number of nitrogens with zero attached hydrogens (tertiary/aromatic N) is 1. The van der Waals surface area contributed by atoms with Crippen LogP contribution >= 0.6 is 27.5 Å². The number of carbonyl (C=O) groups excluding carboxylic acids is 3. The summed E-state index contributed by atoms with van der Waals surface area (Å²) in [4.78, 5) is 38.9. The van der Waals surface area contributed by atoms with Crippen molar-refractivity contribution in [2.75, 3.05) is 22.6 Å². The van der Waals surface area contributed by atoms with Gasteiger partial charge in [0.05, 0.1) is 12.8 Å². The normalized spacial score (nSPS) is 13.4. The first-order valence-corrected chi connectivity index (χ1v) is 10.9. The van der Waals surface area contributed by atoms with Gasteiger partial charge in [0.15, 0.2) is 0 Å². The number of benzene rings is 3. The van der Waals surface area contributed by atoms with Crippen LogP contribution in [0, 0.1) is 0 Å². The number of anilines is 3. The Morgan fingerprint density at radius 1 is 0.879 bits per heavy atom. The summed E-state index contributed by atoms with van der Waals surface area (Å²) in [5.74, 6) is -0.884. The molecule has 0 saturated carbocycles. The molecule has 0 aromatic heterocycles. The van der Waals surface area contributed by atoms with E-state index >= 15 is 0 Å². The lowest BCUT2D eigenvalue weighted by molar-refractivity contribution is -0.120. The number of carbonyl (C=O) groups is 3. The predicted octanol–water partition coefficient (Wildman–Crippen LogP) is 5.15. The minimum atomic E-state index is -0.625. The maximum Gasteiger partial charge on any atom is 0.283 e. The van der Waals surface area contributed by atoms with Crippen molar-refractivity contribution in [2.24, 2.45) is 0 Å². The molecular formula is C24H17BrClN3O4. The summed E-state index contributed by atoms with van der Waals surface area (Å²) in [6.45, 7) is 0. The molecule has 0 spiro atoms. The van der Waals surface area contributed by atoms with Gasteiger partial charge in [-0.05, 0) is 72.8 Å². The number of imide groups is 1. The van der Waals surface area contributed by atoms with Crippen molar-refractivity contribution in [2.45, 2.75) is 0 Å². The highest BCUT2D eigenvalue weighted by atomic mass is 79.9. The smallest absolute Gasteiger partial charge is 0.283 e. The summed E-state index contributed by atoms with van der Waals surface area (Å²) >= 11 is 9.52. The Kier molecular flexibility index (Phi) is 6.48. The molecule has 33 heavy (non-hydrogen) atoms. The Bertz CT molecular complexity index is 1260. The summed E-state index contributed by atoms with van der Waals surface area (Å²) in [7, 11) is 1.53. The highest BCUT2D eigenvalue weighted by molar-refractivity contribution is 9.10. The zero-order chi connectivity index (χ0) is 23.5. The second-order valence-corrected chi connectivity index (χ2v) is 8.29. The van der Waals surface area contributed by atoms with Gasteiger partial charge < -0.3 is 15.4 Å². The summed E-state index contributed by atoms with van der Waals surface area (Å²) < 4.78 is 6.01. The molecule has 1 aliphatic heterocycles. The molecular weight excluding hydrogens is 510 g/mol. The van der Waals surface area contributed by atoms with Gasteiger partial charge in [0.25, 0.3) is 17.7 Å². The molecule has 3 aromatic carbocycles. The third-order valence-corrected chi connectivity index (χ3v) is 5.76. The quantitative estimate of drug-likeness (QED) is 0.434. The highest BCUT2D eigenvalue weighted by Gasteiger charge is 2.38. The van der Waals surface area contributed by atoms with E-state index in [0.717, 1.165) is 9.37 Å². The zero-order valence-corrected chi connectivity index (χ0v) is 19.6. The van der Waals surface area contributed by atoms with Gasteiger partial charge in [-0.3, -0.25) is 14.4 Å². The highest BCUT2D eigenvalue weighted by Crippen LogP contribution is 2.31. The molecule has 2 N–H and O–H groups in total. The fourth-order valence-electron chi connectivity index (χ4n) is 3.16. The van der Waals surface area contributed by atoms with Gasteiger partial charge in [-0.1, -0.05) is 27.5 Å². The molecule has 0 fully saturated rings. The first-order chi connectivity index (χ1) is 15.9. The Labute approximate surface area is 203 Å². The molecule has 166 valence electrons. The van der Waals surface area contributed by atoms with E-state index in [4.69, 9.17) is 16.3 Å². The fraction of sp³-hybridized carbons (Fsp3) is 0.0417. The van der Waals surface area contributed by atoms with Gasteiger partial charge in [-0.15, -0.1) is 0 Å². The van der Waals surface area contributed by atoms with Crippen molar-refractivity contribution in [1.82, 2.24) is 0 Å². The Balaban J connectivity index is 1.46. The molecule has 4 rings (SSSR count). The maximum atomic E-state index is 12.9. The molecule has 7 nitrogen and oxygen atoms in total. The van der Waals surface area contributed by atoms with E-state index in [1.807, 2.05) is 12.1 Å². The predicted molar refractivity (Wildman–Crippen MR) is 131 cm³/mol. The summed E-state index contributed by atoms with van der Waals surface area (Å²) in [5, 5.41) is 5.48. The third kappa shape index (κ3) is 4.76. The molecule has 9 heteroatoms. The molecule has 0 aliphatic carbocycles. The number of methoxy groups -OCH3 is 1. The average molecular weight is 527 g/mol. The maximum absolute atomic E-state index is 12.9. The van der Waals surface area contributed by atoms with E-state index < -0.39 is 11.8 Å². The zero-order valence-electron chi connectivity index (χ0n) is 17.3. The largest absolute Gasteiger partial charge is 0.497 e. The van der Waals surface area contributed by atoms with E-state index in [2.05, 4.69) is 26.6 Å². The second-order valence-electron chi connectivity index (χ2n) is 7.00. The van der Waals surface area contributed by atoms with Crippen LogP contribution in [0.15, 0.2) is 88.0 Å². The number of rotatable bonds is 6. The molecule has 0 atom stereocenters. The third-order valence-electron chi connectivity index (χ3n) is 4.88. The summed E-state index contributed by atoms with van der Waals surface area (Å²) in [5.41, 5.74) is 1.93. The second kappa shape index (κ2) is 9.48. The number of hydrogen-bond donors (Lipinski definition) is 2. The van der Waals surface area contributed by atoms with Gasteiger partial charge in [0.1, 0.15) is 16.5 Å². The lowest BCUT2D eigenvalue weighted by Gasteiger charge is -2.15. The van der Waals surface area contributed by atoms with Crippen molar-refractivity contribution in [3.05, 3.63) is 93.6 Å². The van der Waals surface area contributed by atoms with Crippen molar-refractivity contribution in [1.29, 1.82) is 0 Å². The van der Waals surface area contributed by atoms with E-state index in [9.17, 15) is 14.4 Å². The van der Waals surface area contributed by atoms with Crippen LogP contribution in [0.1, 0.15) is 10.4 Å². The van der Waals surface area contributed by atoms with Crippen molar-refractivity contribution < 1.29 is 19.1 Å². The molecule has 0 unspecified atom stereocenters. The van der Waals surface area contributed by atoms with Crippen LogP contribution in [0.25, 0.3) is 0 Å². The number of ether oxygens (including phenoxy) is 1. The van der Waals surface area contributed by atoms with Crippen molar-refractivity contribution >= 4 is 62.3 Å². The minimum absolute atomic E-state index is 0.0375. The molecule has 0 radical (unpaired) electrons. The van der Waals surface area contributed by atoms with Gasteiger partial charge in [-0.2, -0.15) is 0 Å². The van der Waals surface area contributed by atoms with E-state index in [-0.39, 0.29) is 16.6 Å². The molecule has 0 saturated heterocycles. The monoisotopic (exact) mass is 525 g/mol. The SMILES string of the molecule is COc1ccc(N2C(=O)C(Cl)=C(Nc3ccc(C(=O)Nc4ccc(Br)cc4)cc3)C2=O)cc1. The lowest BCUT2D eigenvalue weighted by Crippen LogP contribution is -2.32.